The molecule has 0 aromatic heterocycles. The molecule has 7 nitrogen and oxygen atoms in total. The predicted molar refractivity (Wildman–Crippen MR) is 78.1 cm³/mol. The molecule has 1 fully saturated rings. The first kappa shape index (κ1) is 15.2. The Kier molecular flexibility index (Phi) is 4.74. The molecule has 1 heterocycles. The van der Waals surface area contributed by atoms with Crippen LogP contribution in [0.15, 0.2) is 24.3 Å². The van der Waals surface area contributed by atoms with Gasteiger partial charge in [-0.05, 0) is 24.8 Å². The summed E-state index contributed by atoms with van der Waals surface area (Å²) in [5.74, 6) is 0.236. The fourth-order valence-corrected chi connectivity index (χ4v) is 2.67. The van der Waals surface area contributed by atoms with E-state index in [0.29, 0.717) is 12.2 Å². The average molecular weight is 293 g/mol. The Morgan fingerprint density at radius 3 is 3.00 bits per heavy atom. The molecule has 1 aliphatic heterocycles. The van der Waals surface area contributed by atoms with Gasteiger partial charge < -0.3 is 15.3 Å². The van der Waals surface area contributed by atoms with Gasteiger partial charge in [0.25, 0.3) is 5.69 Å². The molecule has 1 aromatic rings. The lowest BCUT2D eigenvalue weighted by molar-refractivity contribution is -0.384. The smallest absolute Gasteiger partial charge is 0.322 e. The number of piperidine rings is 1. The van der Waals surface area contributed by atoms with Crippen molar-refractivity contribution < 1.29 is 14.8 Å². The van der Waals surface area contributed by atoms with Crippen LogP contribution >= 0.6 is 0 Å². The van der Waals surface area contributed by atoms with E-state index in [2.05, 4.69) is 5.32 Å². The van der Waals surface area contributed by atoms with Crippen LogP contribution in [0.1, 0.15) is 19.8 Å². The number of nitrogens with one attached hydrogen (secondary N) is 1. The van der Waals surface area contributed by atoms with E-state index in [1.807, 2.05) is 6.92 Å². The van der Waals surface area contributed by atoms with E-state index in [1.54, 1.807) is 11.0 Å². The van der Waals surface area contributed by atoms with Crippen molar-refractivity contribution in [2.75, 3.05) is 18.5 Å². The lowest BCUT2D eigenvalue weighted by Crippen LogP contribution is -2.51. The van der Waals surface area contributed by atoms with Gasteiger partial charge in [0, 0.05) is 24.4 Å². The highest BCUT2D eigenvalue weighted by atomic mass is 16.6. The third kappa shape index (κ3) is 3.49. The quantitative estimate of drug-likeness (QED) is 0.659. The summed E-state index contributed by atoms with van der Waals surface area (Å²) >= 11 is 0. The van der Waals surface area contributed by atoms with Gasteiger partial charge in [-0.25, -0.2) is 4.79 Å². The zero-order valence-corrected chi connectivity index (χ0v) is 11.9. The van der Waals surface area contributed by atoms with E-state index in [0.717, 1.165) is 12.8 Å². The molecule has 0 saturated carbocycles. The van der Waals surface area contributed by atoms with E-state index >= 15 is 0 Å². The largest absolute Gasteiger partial charge is 0.394 e. The molecule has 1 aliphatic rings. The molecule has 2 rings (SSSR count). The number of carbonyl (C=O) groups excluding carboxylic acids is 1. The molecule has 114 valence electrons. The van der Waals surface area contributed by atoms with Crippen molar-refractivity contribution in [2.24, 2.45) is 5.92 Å². The summed E-state index contributed by atoms with van der Waals surface area (Å²) in [6, 6.07) is 5.27. The van der Waals surface area contributed by atoms with Crippen LogP contribution in [-0.4, -0.2) is 40.2 Å². The van der Waals surface area contributed by atoms with E-state index < -0.39 is 4.92 Å². The number of hydrogen-bond donors (Lipinski definition) is 2. The number of nitrogens with zero attached hydrogens (tertiary/aromatic N) is 2. The number of amides is 2. The zero-order chi connectivity index (χ0) is 15.4. The SMILES string of the molecule is C[C@@H]1CCCN(C(=O)Nc2cccc([N+](=O)[O-])c2)[C@H]1CO. The lowest BCUT2D eigenvalue weighted by atomic mass is 9.91. The van der Waals surface area contributed by atoms with E-state index in [-0.39, 0.29) is 30.3 Å². The molecule has 21 heavy (non-hydrogen) atoms. The van der Waals surface area contributed by atoms with Crippen molar-refractivity contribution in [1.29, 1.82) is 0 Å². The van der Waals surface area contributed by atoms with Gasteiger partial charge in [-0.3, -0.25) is 10.1 Å². The molecule has 0 radical (unpaired) electrons. The molecule has 0 bridgehead atoms. The van der Waals surface area contributed by atoms with Crippen LogP contribution in [0.4, 0.5) is 16.2 Å². The monoisotopic (exact) mass is 293 g/mol. The number of aliphatic hydroxyl groups excluding tert-OH is 1. The highest BCUT2D eigenvalue weighted by molar-refractivity contribution is 5.90. The zero-order valence-electron chi connectivity index (χ0n) is 11.9. The summed E-state index contributed by atoms with van der Waals surface area (Å²) in [6.45, 7) is 2.51. The van der Waals surface area contributed by atoms with Crippen LogP contribution in [0.25, 0.3) is 0 Å². The minimum atomic E-state index is -0.505. The standard InChI is InChI=1S/C14H19N3O4/c1-10-4-3-7-16(13(10)9-18)14(19)15-11-5-2-6-12(8-11)17(20)21/h2,5-6,8,10,13,18H,3-4,7,9H2,1H3,(H,15,19)/t10-,13+/m1/s1. The summed E-state index contributed by atoms with van der Waals surface area (Å²) in [6.07, 6.45) is 1.87. The first-order valence-electron chi connectivity index (χ1n) is 6.96. The number of aliphatic hydroxyl groups is 1. The number of benzene rings is 1. The summed E-state index contributed by atoms with van der Waals surface area (Å²) in [7, 11) is 0. The topological polar surface area (TPSA) is 95.7 Å². The molecular weight excluding hydrogens is 274 g/mol. The summed E-state index contributed by atoms with van der Waals surface area (Å²) < 4.78 is 0. The second-order valence-electron chi connectivity index (χ2n) is 5.30. The van der Waals surface area contributed by atoms with Gasteiger partial charge in [0.15, 0.2) is 0 Å². The van der Waals surface area contributed by atoms with Crippen molar-refractivity contribution in [3.05, 3.63) is 34.4 Å². The Bertz CT molecular complexity index is 535. The molecule has 1 saturated heterocycles. The van der Waals surface area contributed by atoms with Crippen LogP contribution in [0, 0.1) is 16.0 Å². The normalized spacial score (nSPS) is 21.9. The van der Waals surface area contributed by atoms with Crippen molar-refractivity contribution in [1.82, 2.24) is 4.90 Å². The van der Waals surface area contributed by atoms with Crippen molar-refractivity contribution in [3.8, 4) is 0 Å². The minimum Gasteiger partial charge on any atom is -0.394 e. The lowest BCUT2D eigenvalue weighted by Gasteiger charge is -2.38. The second-order valence-corrected chi connectivity index (χ2v) is 5.30. The van der Waals surface area contributed by atoms with E-state index in [1.165, 1.54) is 18.2 Å². The summed E-state index contributed by atoms with van der Waals surface area (Å²) in [5, 5.41) is 22.8. The first-order chi connectivity index (χ1) is 10.0. The Morgan fingerprint density at radius 2 is 2.33 bits per heavy atom. The van der Waals surface area contributed by atoms with Gasteiger partial charge in [-0.1, -0.05) is 13.0 Å². The number of anilines is 1. The van der Waals surface area contributed by atoms with Crippen molar-refractivity contribution >= 4 is 17.4 Å². The predicted octanol–water partition coefficient (Wildman–Crippen LogP) is 2.22. The van der Waals surface area contributed by atoms with Crippen molar-refractivity contribution in [3.63, 3.8) is 0 Å². The molecule has 1 aromatic carbocycles. The number of carbonyl (C=O) groups is 1. The number of nitro groups is 1. The van der Waals surface area contributed by atoms with Gasteiger partial charge in [-0.2, -0.15) is 0 Å². The summed E-state index contributed by atoms with van der Waals surface area (Å²) in [4.78, 5) is 24.1. The maximum absolute atomic E-state index is 12.3. The maximum atomic E-state index is 12.3. The maximum Gasteiger partial charge on any atom is 0.322 e. The molecule has 2 amide bonds. The number of hydrogen-bond acceptors (Lipinski definition) is 4. The average Bonchev–Trinajstić information content (AvgIpc) is 2.47. The number of non-ortho nitro benzene ring substituents is 1. The fourth-order valence-electron chi connectivity index (χ4n) is 2.67. The minimum absolute atomic E-state index is 0.0708. The Labute approximate surface area is 122 Å². The molecular formula is C14H19N3O4. The third-order valence-electron chi connectivity index (χ3n) is 3.87. The van der Waals surface area contributed by atoms with Crippen LogP contribution in [0.3, 0.4) is 0 Å². The van der Waals surface area contributed by atoms with Crippen molar-refractivity contribution in [2.45, 2.75) is 25.8 Å². The number of likely N-dealkylation sites (tertiary alicyclic amines) is 1. The fraction of sp³-hybridized carbons (Fsp3) is 0.500. The molecule has 2 atom stereocenters. The molecule has 0 spiro atoms. The number of urea groups is 1. The van der Waals surface area contributed by atoms with Gasteiger partial charge >= 0.3 is 6.03 Å². The molecule has 0 unspecified atom stereocenters. The Balaban J connectivity index is 2.10. The van der Waals surface area contributed by atoms with Crippen LogP contribution in [-0.2, 0) is 0 Å². The van der Waals surface area contributed by atoms with E-state index in [9.17, 15) is 20.0 Å². The van der Waals surface area contributed by atoms with Gasteiger partial charge in [0.05, 0.1) is 17.6 Å². The summed E-state index contributed by atoms with van der Waals surface area (Å²) in [5.41, 5.74) is 0.308. The highest BCUT2D eigenvalue weighted by Crippen LogP contribution is 2.24. The number of rotatable bonds is 3. The van der Waals surface area contributed by atoms with Gasteiger partial charge in [-0.15, -0.1) is 0 Å². The van der Waals surface area contributed by atoms with E-state index in [4.69, 9.17) is 0 Å². The molecule has 0 aliphatic carbocycles. The highest BCUT2D eigenvalue weighted by Gasteiger charge is 2.31. The molecule has 7 heteroatoms. The van der Waals surface area contributed by atoms with Crippen LogP contribution in [0.2, 0.25) is 0 Å². The Morgan fingerprint density at radius 1 is 1.57 bits per heavy atom. The van der Waals surface area contributed by atoms with Crippen LogP contribution < -0.4 is 5.32 Å². The second kappa shape index (κ2) is 6.53. The molecule has 2 N–H and O–H groups in total. The number of nitro benzene ring substituents is 1. The third-order valence-corrected chi connectivity index (χ3v) is 3.87. The van der Waals surface area contributed by atoms with Gasteiger partial charge in [0.2, 0.25) is 0 Å². The van der Waals surface area contributed by atoms with Crippen LogP contribution in [0.5, 0.6) is 0 Å². The van der Waals surface area contributed by atoms with Gasteiger partial charge in [0.1, 0.15) is 0 Å². The first-order valence-corrected chi connectivity index (χ1v) is 6.96. The Hall–Kier alpha value is -2.15.